The highest BCUT2D eigenvalue weighted by atomic mass is 16.7. The third kappa shape index (κ3) is 8.96. The number of carbonyl (C=O) groups is 1. The van der Waals surface area contributed by atoms with Crippen molar-refractivity contribution in [2.75, 3.05) is 35.5 Å². The van der Waals surface area contributed by atoms with Crippen LogP contribution in [0, 0.1) is 35.5 Å². The summed E-state index contributed by atoms with van der Waals surface area (Å²) in [6, 6.07) is 0. The number of carboxylic acid groups (broad SMARTS) is 1. The lowest BCUT2D eigenvalue weighted by molar-refractivity contribution is -0.398. The van der Waals surface area contributed by atoms with E-state index in [4.69, 9.17) is 61.6 Å². The molecule has 3 N–H and O–H groups in total. The Morgan fingerprint density at radius 1 is 0.697 bits per heavy atom. The molecule has 7 rings (SSSR count). The predicted octanol–water partition coefficient (Wildman–Crippen LogP) is 5.22. The van der Waals surface area contributed by atoms with Gasteiger partial charge in [0.1, 0.15) is 17.1 Å². The Bertz CT molecular complexity index is 1650. The fourth-order valence-electron chi connectivity index (χ4n) is 13.5. The minimum Gasteiger partial charge on any atom is -0.481 e. The Kier molecular flexibility index (Phi) is 15.8. The Morgan fingerprint density at radius 2 is 1.35 bits per heavy atom. The molecular weight excluding hydrogens is 861 g/mol. The number of aliphatic hydroxyl groups is 2. The smallest absolute Gasteiger partial charge is 0.311 e. The van der Waals surface area contributed by atoms with Crippen molar-refractivity contribution in [3.63, 3.8) is 0 Å². The number of ether oxygens (including phenoxy) is 13. The molecule has 7 fully saturated rings. The highest BCUT2D eigenvalue weighted by Gasteiger charge is 2.70. The molecule has 0 radical (unpaired) electrons. The largest absolute Gasteiger partial charge is 0.481 e. The molecular formula is C49H84O17. The second kappa shape index (κ2) is 19.8. The number of rotatable bonds is 14. The van der Waals surface area contributed by atoms with E-state index in [-0.39, 0.29) is 85.0 Å². The maximum absolute atomic E-state index is 12.6. The fraction of sp³-hybridized carbons (Fsp3) is 0.980. The van der Waals surface area contributed by atoms with Gasteiger partial charge in [0, 0.05) is 84.4 Å². The molecule has 0 aromatic rings. The van der Waals surface area contributed by atoms with E-state index in [1.165, 1.54) is 6.92 Å². The Hall–Kier alpha value is -1.13. The Morgan fingerprint density at radius 3 is 1.95 bits per heavy atom. The molecule has 17 nitrogen and oxygen atoms in total. The quantitative estimate of drug-likeness (QED) is 0.205. The molecule has 7 aliphatic rings. The van der Waals surface area contributed by atoms with E-state index in [0.29, 0.717) is 25.7 Å². The highest BCUT2D eigenvalue weighted by molar-refractivity contribution is 5.70. The molecule has 0 saturated carbocycles. The molecule has 0 aromatic carbocycles. The van der Waals surface area contributed by atoms with Crippen LogP contribution in [0.5, 0.6) is 0 Å². The molecule has 25 atom stereocenters. The number of methoxy groups -OCH3 is 5. The molecule has 1 spiro atoms. The first-order valence-electron chi connectivity index (χ1n) is 24.7. The van der Waals surface area contributed by atoms with Crippen LogP contribution in [0.15, 0.2) is 0 Å². The van der Waals surface area contributed by atoms with E-state index < -0.39 is 77.1 Å². The van der Waals surface area contributed by atoms with E-state index in [1.807, 2.05) is 20.8 Å². The van der Waals surface area contributed by atoms with Crippen molar-refractivity contribution in [1.29, 1.82) is 0 Å². The predicted molar refractivity (Wildman–Crippen MR) is 237 cm³/mol. The van der Waals surface area contributed by atoms with Gasteiger partial charge >= 0.3 is 5.97 Å². The van der Waals surface area contributed by atoms with E-state index in [2.05, 4.69) is 27.7 Å². The summed E-state index contributed by atoms with van der Waals surface area (Å²) in [6.45, 7) is 19.0. The first-order valence-corrected chi connectivity index (χ1v) is 24.7. The van der Waals surface area contributed by atoms with Crippen LogP contribution in [0.2, 0.25) is 0 Å². The Labute approximate surface area is 392 Å². The molecule has 7 saturated heterocycles. The minimum atomic E-state index is -2.14. The Balaban J connectivity index is 1.11. The van der Waals surface area contributed by atoms with Gasteiger partial charge in [0.05, 0.1) is 79.4 Å². The maximum Gasteiger partial charge on any atom is 0.311 e. The van der Waals surface area contributed by atoms with Crippen LogP contribution < -0.4 is 0 Å². The van der Waals surface area contributed by atoms with Gasteiger partial charge in [-0.15, -0.1) is 0 Å². The van der Waals surface area contributed by atoms with E-state index in [1.54, 1.807) is 49.4 Å². The average Bonchev–Trinajstić information content (AvgIpc) is 4.02. The molecule has 7 aliphatic heterocycles. The highest BCUT2D eigenvalue weighted by Crippen LogP contribution is 2.57. The summed E-state index contributed by atoms with van der Waals surface area (Å²) in [6.07, 6.45) is -0.571. The second-order valence-electron chi connectivity index (χ2n) is 21.5. The van der Waals surface area contributed by atoms with Gasteiger partial charge in [-0.2, -0.15) is 0 Å². The summed E-state index contributed by atoms with van der Waals surface area (Å²) in [5, 5.41) is 33.9. The summed E-state index contributed by atoms with van der Waals surface area (Å²) < 4.78 is 84.8. The van der Waals surface area contributed by atoms with Crippen LogP contribution >= 0.6 is 0 Å². The van der Waals surface area contributed by atoms with Crippen molar-refractivity contribution in [2.45, 2.75) is 235 Å². The van der Waals surface area contributed by atoms with Gasteiger partial charge < -0.3 is 76.9 Å². The summed E-state index contributed by atoms with van der Waals surface area (Å²) in [5.74, 6) is -8.79. The maximum atomic E-state index is 12.6. The van der Waals surface area contributed by atoms with Crippen LogP contribution in [-0.4, -0.2) is 171 Å². The molecule has 0 aliphatic carbocycles. The summed E-state index contributed by atoms with van der Waals surface area (Å²) in [5.41, 5.74) is -2.14. The lowest BCUT2D eigenvalue weighted by Crippen LogP contribution is -2.71. The number of hydrogen-bond donors (Lipinski definition) is 3. The molecule has 0 bridgehead atoms. The molecule has 0 aromatic heterocycles. The van der Waals surface area contributed by atoms with Gasteiger partial charge in [-0.3, -0.25) is 4.79 Å². The fourth-order valence-corrected chi connectivity index (χ4v) is 13.5. The number of carboxylic acids is 1. The van der Waals surface area contributed by atoms with E-state index in [0.717, 1.165) is 19.3 Å². The normalized spacial score (nSPS) is 53.9. The molecule has 7 heterocycles. The lowest BCUT2D eigenvalue weighted by atomic mass is 9.71. The van der Waals surface area contributed by atoms with Gasteiger partial charge in [0.2, 0.25) is 0 Å². The number of hydrogen-bond acceptors (Lipinski definition) is 16. The van der Waals surface area contributed by atoms with E-state index in [9.17, 15) is 20.1 Å². The third-order valence-corrected chi connectivity index (χ3v) is 17.9. The first-order chi connectivity index (χ1) is 31.0. The monoisotopic (exact) mass is 945 g/mol. The molecule has 0 unspecified atom stereocenters. The average molecular weight is 945 g/mol. The minimum absolute atomic E-state index is 0.0184. The van der Waals surface area contributed by atoms with Crippen molar-refractivity contribution in [3.8, 4) is 0 Å². The van der Waals surface area contributed by atoms with E-state index >= 15 is 0 Å². The van der Waals surface area contributed by atoms with Crippen LogP contribution in [-0.2, 0) is 66.4 Å². The van der Waals surface area contributed by atoms with Crippen LogP contribution in [0.1, 0.15) is 121 Å². The standard InChI is InChI=1S/C49H84O17/c1-24-40(56-13)26(3)47(10,52)65-41(24)35-17-16-33(60-35)34-18-20-37(61-34)46(9)42(57-14)28(5)49(66-46)25(2)36(55-12)22-31(63-49)23-38-45(8,58-15)43(27(4)48(53,64-38)29(6)44(50)51)62-39-21-19-32(54-11)30(7)59-39/h24-43,52-53H,16-23H2,1-15H3,(H,50,51)/t24-,25+,26+,27-,28+,29-,30+,31-,32-,33+,34-,35+,36+,37+,38-,39-,40-,41-,42+,43-,45-,46+,47-,48-,49-/m0/s1. The molecule has 66 heavy (non-hydrogen) atoms. The van der Waals surface area contributed by atoms with Crippen LogP contribution in [0.25, 0.3) is 0 Å². The lowest BCUT2D eigenvalue weighted by Gasteiger charge is -2.57. The van der Waals surface area contributed by atoms with Crippen molar-refractivity contribution >= 4 is 5.97 Å². The summed E-state index contributed by atoms with van der Waals surface area (Å²) >= 11 is 0. The second-order valence-corrected chi connectivity index (χ2v) is 21.5. The zero-order chi connectivity index (χ0) is 48.5. The molecule has 17 heteroatoms. The van der Waals surface area contributed by atoms with Gasteiger partial charge in [0.25, 0.3) is 0 Å². The SMILES string of the molecule is CO[C@H]1[C@H](C)[C@@H]([C@H]2CC[C@H]([C@@H]3CC[C@H]([C@@]4(C)O[C@]5(O[C@H](C[C@@H]6O[C@](O)([C@@H](C)C(=O)O)[C@@H](C)[C@H](O[C@H]7CC[C@H](OC)[C@@H](C)O7)[C@@]6(C)OC)C[C@@H](OC)[C@H]5C)[C@H](C)[C@H]4OC)O3)O2)O[C@](C)(O)[C@@H]1C. The van der Waals surface area contributed by atoms with Crippen LogP contribution in [0.3, 0.4) is 0 Å². The summed E-state index contributed by atoms with van der Waals surface area (Å²) in [7, 11) is 8.31. The zero-order valence-corrected chi connectivity index (χ0v) is 42.3. The van der Waals surface area contributed by atoms with Gasteiger partial charge in [0.15, 0.2) is 23.7 Å². The van der Waals surface area contributed by atoms with Gasteiger partial charge in [-0.25, -0.2) is 0 Å². The van der Waals surface area contributed by atoms with Crippen molar-refractivity contribution in [3.05, 3.63) is 0 Å². The molecule has 382 valence electrons. The van der Waals surface area contributed by atoms with Crippen molar-refractivity contribution in [1.82, 2.24) is 0 Å². The third-order valence-electron chi connectivity index (χ3n) is 17.9. The van der Waals surface area contributed by atoms with Crippen LogP contribution in [0.4, 0.5) is 0 Å². The van der Waals surface area contributed by atoms with Gasteiger partial charge in [-0.05, 0) is 66.7 Å². The first kappa shape index (κ1) is 52.7. The van der Waals surface area contributed by atoms with Crippen molar-refractivity contribution in [2.24, 2.45) is 35.5 Å². The van der Waals surface area contributed by atoms with Crippen molar-refractivity contribution < 1.29 is 81.7 Å². The number of aliphatic carboxylic acids is 1. The molecule has 0 amide bonds. The van der Waals surface area contributed by atoms with Gasteiger partial charge in [-0.1, -0.05) is 34.6 Å². The topological polar surface area (TPSA) is 198 Å². The summed E-state index contributed by atoms with van der Waals surface area (Å²) in [4.78, 5) is 12.6. The zero-order valence-electron chi connectivity index (χ0n) is 42.3.